The largest absolute Gasteiger partial charge is 0.324 e. The third kappa shape index (κ3) is 4.18. The average molecular weight is 308 g/mol. The molecule has 4 nitrogen and oxygen atoms in total. The average Bonchev–Trinajstić information content (AvgIpc) is 2.42. The normalized spacial score (nSPS) is 11.8. The minimum atomic E-state index is -0.593. The second-order valence-electron chi connectivity index (χ2n) is 4.61. The van der Waals surface area contributed by atoms with Gasteiger partial charge in [0.1, 0.15) is 5.82 Å². The molecule has 0 bridgehead atoms. The van der Waals surface area contributed by atoms with Gasteiger partial charge in [0.15, 0.2) is 0 Å². The van der Waals surface area contributed by atoms with Crippen molar-refractivity contribution in [2.24, 2.45) is 5.73 Å². The molecule has 0 fully saturated rings. The van der Waals surface area contributed by atoms with Gasteiger partial charge in [-0.15, -0.1) is 0 Å². The first-order chi connectivity index (χ1) is 9.95. The van der Waals surface area contributed by atoms with Crippen molar-refractivity contribution < 1.29 is 9.18 Å². The highest BCUT2D eigenvalue weighted by atomic mass is 35.5. The van der Waals surface area contributed by atoms with Gasteiger partial charge in [0.25, 0.3) is 0 Å². The first-order valence-electron chi connectivity index (χ1n) is 6.34. The van der Waals surface area contributed by atoms with Crippen LogP contribution in [0.4, 0.5) is 20.6 Å². The SMILES string of the molecule is CC(N)c1ccc(NC(=O)Nc2ccc(Cl)cc2F)cc1. The zero-order valence-corrected chi connectivity index (χ0v) is 12.1. The van der Waals surface area contributed by atoms with E-state index >= 15 is 0 Å². The van der Waals surface area contributed by atoms with E-state index in [1.807, 2.05) is 19.1 Å². The summed E-state index contributed by atoms with van der Waals surface area (Å²) in [7, 11) is 0. The molecule has 0 aliphatic carbocycles. The lowest BCUT2D eigenvalue weighted by molar-refractivity contribution is 0.262. The van der Waals surface area contributed by atoms with Crippen molar-refractivity contribution in [3.05, 3.63) is 58.9 Å². The number of nitrogens with one attached hydrogen (secondary N) is 2. The molecule has 0 saturated heterocycles. The summed E-state index contributed by atoms with van der Waals surface area (Å²) in [4.78, 5) is 11.8. The smallest absolute Gasteiger partial charge is 0.323 e. The van der Waals surface area contributed by atoms with E-state index in [1.165, 1.54) is 12.1 Å². The maximum Gasteiger partial charge on any atom is 0.323 e. The highest BCUT2D eigenvalue weighted by Crippen LogP contribution is 2.19. The lowest BCUT2D eigenvalue weighted by Crippen LogP contribution is -2.20. The van der Waals surface area contributed by atoms with E-state index in [4.69, 9.17) is 17.3 Å². The van der Waals surface area contributed by atoms with Gasteiger partial charge >= 0.3 is 6.03 Å². The summed E-state index contributed by atoms with van der Waals surface area (Å²) in [5.41, 5.74) is 7.36. The molecule has 2 amide bonds. The number of benzene rings is 2. The molecule has 0 aliphatic heterocycles. The number of urea groups is 1. The summed E-state index contributed by atoms with van der Waals surface area (Å²) >= 11 is 5.65. The predicted molar refractivity (Wildman–Crippen MR) is 83.1 cm³/mol. The minimum Gasteiger partial charge on any atom is -0.324 e. The fraction of sp³-hybridized carbons (Fsp3) is 0.133. The summed E-state index contributed by atoms with van der Waals surface area (Å²) in [6, 6.07) is 10.5. The highest BCUT2D eigenvalue weighted by Gasteiger charge is 2.08. The maximum atomic E-state index is 13.6. The van der Waals surface area contributed by atoms with Crippen LogP contribution in [0.3, 0.4) is 0 Å². The molecular formula is C15H15ClFN3O. The van der Waals surface area contributed by atoms with Crippen LogP contribution in [-0.2, 0) is 0 Å². The Bertz CT molecular complexity index is 644. The van der Waals surface area contributed by atoms with E-state index in [9.17, 15) is 9.18 Å². The van der Waals surface area contributed by atoms with Gasteiger partial charge in [-0.1, -0.05) is 23.7 Å². The molecule has 0 saturated carbocycles. The van der Waals surface area contributed by atoms with E-state index in [1.54, 1.807) is 12.1 Å². The first-order valence-corrected chi connectivity index (χ1v) is 6.72. The molecule has 2 aromatic rings. The van der Waals surface area contributed by atoms with E-state index < -0.39 is 11.8 Å². The molecule has 6 heteroatoms. The van der Waals surface area contributed by atoms with Crippen LogP contribution in [0.25, 0.3) is 0 Å². The first kappa shape index (κ1) is 15.3. The van der Waals surface area contributed by atoms with E-state index in [0.717, 1.165) is 11.6 Å². The molecule has 0 radical (unpaired) electrons. The van der Waals surface area contributed by atoms with Crippen LogP contribution >= 0.6 is 11.6 Å². The molecule has 0 spiro atoms. The number of carbonyl (C=O) groups is 1. The summed E-state index contributed by atoms with van der Waals surface area (Å²) in [6.07, 6.45) is 0. The lowest BCUT2D eigenvalue weighted by atomic mass is 10.1. The Balaban J connectivity index is 2.01. The Morgan fingerprint density at radius 2 is 1.86 bits per heavy atom. The number of amides is 2. The van der Waals surface area contributed by atoms with Gasteiger partial charge in [0.05, 0.1) is 5.69 Å². The summed E-state index contributed by atoms with van der Waals surface area (Å²) in [5.74, 6) is -0.593. The fourth-order valence-electron chi connectivity index (χ4n) is 1.75. The van der Waals surface area contributed by atoms with Crippen LogP contribution in [0.15, 0.2) is 42.5 Å². The zero-order chi connectivity index (χ0) is 15.4. The number of hydrogen-bond acceptors (Lipinski definition) is 2. The van der Waals surface area contributed by atoms with Crippen LogP contribution in [-0.4, -0.2) is 6.03 Å². The van der Waals surface area contributed by atoms with Crippen molar-refractivity contribution in [1.82, 2.24) is 0 Å². The summed E-state index contributed by atoms with van der Waals surface area (Å²) in [6.45, 7) is 1.87. The zero-order valence-electron chi connectivity index (χ0n) is 11.4. The molecule has 0 aliphatic rings. The molecule has 21 heavy (non-hydrogen) atoms. The van der Waals surface area contributed by atoms with Gasteiger partial charge in [0, 0.05) is 16.8 Å². The van der Waals surface area contributed by atoms with Gasteiger partial charge in [0.2, 0.25) is 0 Å². The maximum absolute atomic E-state index is 13.6. The van der Waals surface area contributed by atoms with E-state index in [2.05, 4.69) is 10.6 Å². The second kappa shape index (κ2) is 6.56. The van der Waals surface area contributed by atoms with Crippen molar-refractivity contribution >= 4 is 29.0 Å². The van der Waals surface area contributed by atoms with Gasteiger partial charge in [-0.05, 0) is 42.8 Å². The number of rotatable bonds is 3. The summed E-state index contributed by atoms with van der Waals surface area (Å²) in [5, 5.41) is 5.29. The molecule has 1 atom stereocenters. The molecule has 2 aromatic carbocycles. The van der Waals surface area contributed by atoms with E-state index in [-0.39, 0.29) is 16.8 Å². The number of anilines is 2. The standard InChI is InChI=1S/C15H15ClFN3O/c1-9(18)10-2-5-12(6-3-10)19-15(21)20-14-7-4-11(16)8-13(14)17/h2-9H,18H2,1H3,(H2,19,20,21). The van der Waals surface area contributed by atoms with Crippen molar-refractivity contribution in [1.29, 1.82) is 0 Å². The number of halogens is 2. The van der Waals surface area contributed by atoms with Crippen molar-refractivity contribution in [2.75, 3.05) is 10.6 Å². The van der Waals surface area contributed by atoms with Crippen LogP contribution in [0.1, 0.15) is 18.5 Å². The molecule has 110 valence electrons. The quantitative estimate of drug-likeness (QED) is 0.797. The Kier molecular flexibility index (Phi) is 4.77. The van der Waals surface area contributed by atoms with Gasteiger partial charge in [-0.2, -0.15) is 0 Å². The Hall–Kier alpha value is -2.11. The van der Waals surface area contributed by atoms with Gasteiger partial charge in [-0.3, -0.25) is 0 Å². The van der Waals surface area contributed by atoms with E-state index in [0.29, 0.717) is 5.69 Å². The lowest BCUT2D eigenvalue weighted by Gasteiger charge is -2.10. The van der Waals surface area contributed by atoms with Crippen LogP contribution < -0.4 is 16.4 Å². The number of carbonyl (C=O) groups excluding carboxylic acids is 1. The molecule has 2 rings (SSSR count). The van der Waals surface area contributed by atoms with Gasteiger partial charge in [-0.25, -0.2) is 9.18 Å². The van der Waals surface area contributed by atoms with Crippen molar-refractivity contribution in [3.8, 4) is 0 Å². The van der Waals surface area contributed by atoms with Crippen molar-refractivity contribution in [2.45, 2.75) is 13.0 Å². The Labute approximate surface area is 127 Å². The number of hydrogen-bond donors (Lipinski definition) is 3. The molecule has 1 unspecified atom stereocenters. The van der Waals surface area contributed by atoms with Crippen molar-refractivity contribution in [3.63, 3.8) is 0 Å². The molecule has 0 heterocycles. The second-order valence-corrected chi connectivity index (χ2v) is 5.05. The third-order valence-electron chi connectivity index (χ3n) is 2.87. The topological polar surface area (TPSA) is 67.1 Å². The highest BCUT2D eigenvalue weighted by molar-refractivity contribution is 6.30. The molecular weight excluding hydrogens is 293 g/mol. The Morgan fingerprint density at radius 3 is 2.43 bits per heavy atom. The van der Waals surface area contributed by atoms with Crippen LogP contribution in [0.2, 0.25) is 5.02 Å². The van der Waals surface area contributed by atoms with Crippen LogP contribution in [0.5, 0.6) is 0 Å². The number of nitrogens with two attached hydrogens (primary N) is 1. The third-order valence-corrected chi connectivity index (χ3v) is 3.11. The predicted octanol–water partition coefficient (Wildman–Crippen LogP) is 4.14. The van der Waals surface area contributed by atoms with Crippen LogP contribution in [0, 0.1) is 5.82 Å². The molecule has 0 aromatic heterocycles. The molecule has 4 N–H and O–H groups in total. The summed E-state index contributed by atoms with van der Waals surface area (Å²) < 4.78 is 13.6. The Morgan fingerprint density at radius 1 is 1.19 bits per heavy atom. The van der Waals surface area contributed by atoms with Gasteiger partial charge < -0.3 is 16.4 Å². The monoisotopic (exact) mass is 307 g/mol. The minimum absolute atomic E-state index is 0.0594. The fourth-order valence-corrected chi connectivity index (χ4v) is 1.90.